The summed E-state index contributed by atoms with van der Waals surface area (Å²) in [6, 6.07) is 9.64. The summed E-state index contributed by atoms with van der Waals surface area (Å²) in [5.74, 6) is -0.0705. The molecule has 0 aliphatic heterocycles. The third kappa shape index (κ3) is 4.40. The van der Waals surface area contributed by atoms with Gasteiger partial charge in [-0.2, -0.15) is 0 Å². The van der Waals surface area contributed by atoms with E-state index >= 15 is 0 Å². The van der Waals surface area contributed by atoms with E-state index < -0.39 is 33.0 Å². The molecule has 0 atom stereocenters. The Morgan fingerprint density at radius 3 is 1.62 bits per heavy atom. The van der Waals surface area contributed by atoms with Crippen LogP contribution in [0, 0.1) is 0 Å². The van der Waals surface area contributed by atoms with E-state index in [1.807, 2.05) is 0 Å². The first kappa shape index (κ1) is 21.7. The monoisotopic (exact) mass is 457 g/mol. The second-order valence-corrected chi connectivity index (χ2v) is 7.62. The zero-order valence-electron chi connectivity index (χ0n) is 17.2. The topological polar surface area (TPSA) is 114 Å². The van der Waals surface area contributed by atoms with Crippen LogP contribution in [0.2, 0.25) is 0 Å². The number of hydrogen-bond acceptors (Lipinski definition) is 9. The smallest absolute Gasteiger partial charge is 0.493 e. The van der Waals surface area contributed by atoms with Crippen LogP contribution in [-0.2, 0) is 13.6 Å². The second kappa shape index (κ2) is 9.32. The van der Waals surface area contributed by atoms with E-state index in [1.54, 1.807) is 24.3 Å². The lowest BCUT2D eigenvalue weighted by atomic mass is 10.1. The molecule has 0 unspecified atom stereocenters. The third-order valence-corrected chi connectivity index (χ3v) is 5.40. The molecule has 2 heterocycles. The van der Waals surface area contributed by atoms with Gasteiger partial charge in [0.25, 0.3) is 0 Å². The molecule has 0 amide bonds. The molecule has 10 heteroatoms. The van der Waals surface area contributed by atoms with E-state index in [1.165, 1.54) is 38.9 Å². The van der Waals surface area contributed by atoms with E-state index in [0.717, 1.165) is 0 Å². The molecule has 0 aliphatic carbocycles. The lowest BCUT2D eigenvalue weighted by Crippen LogP contribution is -2.09. The number of carbonyl (C=O) groups excluding carboxylic acids is 2. The van der Waals surface area contributed by atoms with Crippen LogP contribution in [0.3, 0.4) is 0 Å². The quantitative estimate of drug-likeness (QED) is 0.241. The summed E-state index contributed by atoms with van der Waals surface area (Å²) in [6.07, 6.45) is 2.97. The standard InChI is InChI=1S/C22H18O9P/c1-26-19-9-15(7-13-3-5-28-21(13)19)17(23)11-30-32(25)31-12-18(24)16-8-14-4-6-29-22(14)20(10-16)27-2/h3-10H,11-12H2,1-2H3/q+1. The second-order valence-electron chi connectivity index (χ2n) is 6.65. The van der Waals surface area contributed by atoms with Crippen LogP contribution >= 0.6 is 8.25 Å². The summed E-state index contributed by atoms with van der Waals surface area (Å²) in [5, 5.41) is 1.37. The number of rotatable bonds is 10. The largest absolute Gasteiger partial charge is 0.698 e. The third-order valence-electron chi connectivity index (χ3n) is 4.72. The van der Waals surface area contributed by atoms with E-state index in [0.29, 0.717) is 44.6 Å². The van der Waals surface area contributed by atoms with Crippen LogP contribution in [0.5, 0.6) is 11.5 Å². The molecule has 164 valence electrons. The van der Waals surface area contributed by atoms with Crippen molar-refractivity contribution in [2.24, 2.45) is 0 Å². The Morgan fingerprint density at radius 1 is 0.781 bits per heavy atom. The Balaban J connectivity index is 1.34. The lowest BCUT2D eigenvalue weighted by Gasteiger charge is -2.04. The van der Waals surface area contributed by atoms with Crippen molar-refractivity contribution in [1.29, 1.82) is 0 Å². The van der Waals surface area contributed by atoms with E-state index in [9.17, 15) is 14.2 Å². The highest BCUT2D eigenvalue weighted by atomic mass is 31.1. The number of benzene rings is 2. The molecular formula is C22H18O9P+. The van der Waals surface area contributed by atoms with Gasteiger partial charge in [0.15, 0.2) is 47.4 Å². The van der Waals surface area contributed by atoms with Crippen molar-refractivity contribution in [3.05, 3.63) is 60.1 Å². The molecule has 4 aromatic rings. The number of ether oxygens (including phenoxy) is 2. The Kier molecular flexibility index (Phi) is 6.32. The molecule has 9 nitrogen and oxygen atoms in total. The highest BCUT2D eigenvalue weighted by Crippen LogP contribution is 2.31. The van der Waals surface area contributed by atoms with Crippen molar-refractivity contribution >= 4 is 41.8 Å². The molecule has 2 aromatic heterocycles. The van der Waals surface area contributed by atoms with Gasteiger partial charge in [0, 0.05) is 26.5 Å². The van der Waals surface area contributed by atoms with Crippen molar-refractivity contribution in [3.8, 4) is 11.5 Å². The fourth-order valence-electron chi connectivity index (χ4n) is 3.15. The van der Waals surface area contributed by atoms with Crippen LogP contribution < -0.4 is 9.47 Å². The molecule has 2 aromatic carbocycles. The average molecular weight is 457 g/mol. The molecule has 0 N–H and O–H groups in total. The van der Waals surface area contributed by atoms with Crippen molar-refractivity contribution in [2.45, 2.75) is 0 Å². The number of fused-ring (bicyclic) bond motifs is 2. The minimum absolute atomic E-state index is 0.302. The zero-order chi connectivity index (χ0) is 22.7. The maximum Gasteiger partial charge on any atom is 0.698 e. The predicted molar refractivity (Wildman–Crippen MR) is 114 cm³/mol. The van der Waals surface area contributed by atoms with Gasteiger partial charge in [0.05, 0.1) is 26.7 Å². The maximum atomic E-state index is 12.4. The maximum absolute atomic E-state index is 12.4. The Labute approximate surface area is 182 Å². The first-order valence-corrected chi connectivity index (χ1v) is 10.5. The molecule has 0 saturated carbocycles. The van der Waals surface area contributed by atoms with Gasteiger partial charge in [-0.25, -0.2) is 0 Å². The predicted octanol–water partition coefficient (Wildman–Crippen LogP) is 4.95. The number of hydrogen-bond donors (Lipinski definition) is 0. The van der Waals surface area contributed by atoms with Gasteiger partial charge in [-0.1, -0.05) is 0 Å². The molecule has 0 radical (unpaired) electrons. The van der Waals surface area contributed by atoms with Gasteiger partial charge in [0.2, 0.25) is 0 Å². The van der Waals surface area contributed by atoms with Gasteiger partial charge in [-0.3, -0.25) is 9.59 Å². The minimum Gasteiger partial charge on any atom is -0.493 e. The molecule has 0 bridgehead atoms. The lowest BCUT2D eigenvalue weighted by molar-refractivity contribution is 0.0877. The normalized spacial score (nSPS) is 11.1. The molecule has 4 rings (SSSR count). The van der Waals surface area contributed by atoms with Crippen LogP contribution in [0.15, 0.2) is 57.8 Å². The van der Waals surface area contributed by atoms with Crippen LogP contribution in [0.4, 0.5) is 0 Å². The molecule has 0 aliphatic rings. The van der Waals surface area contributed by atoms with Gasteiger partial charge in [-0.15, -0.1) is 9.05 Å². The van der Waals surface area contributed by atoms with Crippen LogP contribution in [0.1, 0.15) is 20.7 Å². The summed E-state index contributed by atoms with van der Waals surface area (Å²) in [4.78, 5) is 24.9. The minimum atomic E-state index is -2.69. The Hall–Kier alpha value is -3.52. The van der Waals surface area contributed by atoms with Crippen molar-refractivity contribution in [1.82, 2.24) is 0 Å². The molecule has 32 heavy (non-hydrogen) atoms. The van der Waals surface area contributed by atoms with Crippen molar-refractivity contribution < 1.29 is 41.5 Å². The van der Waals surface area contributed by atoms with Gasteiger partial charge >= 0.3 is 8.25 Å². The van der Waals surface area contributed by atoms with Crippen molar-refractivity contribution in [2.75, 3.05) is 27.4 Å². The van der Waals surface area contributed by atoms with E-state index in [2.05, 4.69) is 0 Å². The first-order chi connectivity index (χ1) is 15.5. The van der Waals surface area contributed by atoms with Crippen molar-refractivity contribution in [3.63, 3.8) is 0 Å². The molecule has 0 saturated heterocycles. The highest BCUT2D eigenvalue weighted by molar-refractivity contribution is 7.33. The fraction of sp³-hybridized carbons (Fsp3) is 0.182. The van der Waals surface area contributed by atoms with Gasteiger partial charge < -0.3 is 18.3 Å². The van der Waals surface area contributed by atoms with E-state index in [-0.39, 0.29) is 0 Å². The van der Waals surface area contributed by atoms with Gasteiger partial charge in [0.1, 0.15) is 0 Å². The number of Topliss-reactive ketones (excluding diaryl/α,β-unsaturated/α-hetero) is 2. The summed E-state index contributed by atoms with van der Waals surface area (Å²) in [6.45, 7) is -0.991. The summed E-state index contributed by atoms with van der Waals surface area (Å²) >= 11 is 0. The Bertz CT molecular complexity index is 1220. The number of carbonyl (C=O) groups is 2. The number of ketones is 2. The van der Waals surface area contributed by atoms with Crippen LogP contribution in [-0.4, -0.2) is 39.0 Å². The summed E-state index contributed by atoms with van der Waals surface area (Å²) < 4.78 is 43.1. The van der Waals surface area contributed by atoms with Gasteiger partial charge in [-0.05, 0) is 36.4 Å². The number of methoxy groups -OCH3 is 2. The Morgan fingerprint density at radius 2 is 1.22 bits per heavy atom. The molecule has 0 spiro atoms. The first-order valence-electron chi connectivity index (χ1n) is 9.40. The fourth-order valence-corrected chi connectivity index (χ4v) is 3.67. The zero-order valence-corrected chi connectivity index (χ0v) is 18.0. The molecule has 0 fully saturated rings. The summed E-state index contributed by atoms with van der Waals surface area (Å²) in [7, 11) is 0.233. The number of furan rings is 2. The SMILES string of the molecule is COc1cc(C(=O)CO[P+](=O)OCC(=O)c2cc(OC)c3occc3c2)cc2ccoc12. The average Bonchev–Trinajstić information content (AvgIpc) is 3.48. The van der Waals surface area contributed by atoms with Crippen LogP contribution in [0.25, 0.3) is 21.9 Å². The van der Waals surface area contributed by atoms with E-state index in [4.69, 9.17) is 27.4 Å². The summed E-state index contributed by atoms with van der Waals surface area (Å²) in [5.41, 5.74) is 1.64. The highest BCUT2D eigenvalue weighted by Gasteiger charge is 2.26. The molecular weight excluding hydrogens is 439 g/mol.